The number of rotatable bonds is 0. The van der Waals surface area contributed by atoms with Gasteiger partial charge in [-0.05, 0) is 18.9 Å². The summed E-state index contributed by atoms with van der Waals surface area (Å²) in [6, 6.07) is 0. The van der Waals surface area contributed by atoms with E-state index in [2.05, 4.69) is 0 Å². The van der Waals surface area contributed by atoms with Crippen molar-refractivity contribution in [2.45, 2.75) is 12.8 Å². The summed E-state index contributed by atoms with van der Waals surface area (Å²) in [6.07, 6.45) is 5.42. The van der Waals surface area contributed by atoms with E-state index in [-0.39, 0.29) is 5.76 Å². The molecule has 2 heteroatoms. The van der Waals surface area contributed by atoms with Gasteiger partial charge in [0.25, 0.3) is 0 Å². The molecule has 0 aliphatic heterocycles. The lowest BCUT2D eigenvalue weighted by molar-refractivity contribution is 0.415. The number of allylic oxidation sites excluding steroid dienone is 2. The Morgan fingerprint density at radius 3 is 2.38 bits per heavy atom. The average molecular weight is 111 g/mol. The summed E-state index contributed by atoms with van der Waals surface area (Å²) >= 11 is 0. The van der Waals surface area contributed by atoms with E-state index in [1.165, 1.54) is 0 Å². The van der Waals surface area contributed by atoms with E-state index >= 15 is 0 Å². The molecule has 0 aromatic carbocycles. The summed E-state index contributed by atoms with van der Waals surface area (Å²) in [5.74, 6) is 0.233. The van der Waals surface area contributed by atoms with Crippen LogP contribution in [0.4, 0.5) is 0 Å². The second-order valence-corrected chi connectivity index (χ2v) is 1.83. The lowest BCUT2D eigenvalue weighted by Crippen LogP contribution is -2.03. The molecule has 44 valence electrons. The lowest BCUT2D eigenvalue weighted by Gasteiger charge is -2.03. The second-order valence-electron chi connectivity index (χ2n) is 1.83. The molecule has 0 fully saturated rings. The van der Waals surface area contributed by atoms with Crippen LogP contribution in [0.1, 0.15) is 12.8 Å². The van der Waals surface area contributed by atoms with Crippen LogP contribution in [0.25, 0.3) is 0 Å². The number of aliphatic hydroxyl groups excluding tert-OH is 1. The van der Waals surface area contributed by atoms with Crippen molar-refractivity contribution in [1.82, 2.24) is 0 Å². The predicted octanol–water partition coefficient (Wildman–Crippen LogP) is 1.06. The van der Waals surface area contributed by atoms with E-state index in [9.17, 15) is 0 Å². The van der Waals surface area contributed by atoms with Crippen LogP contribution in [-0.4, -0.2) is 5.11 Å². The highest BCUT2D eigenvalue weighted by atomic mass is 16.3. The van der Waals surface area contributed by atoms with Crippen molar-refractivity contribution in [3.63, 3.8) is 0 Å². The summed E-state index contributed by atoms with van der Waals surface area (Å²) in [5, 5.41) is 8.85. The van der Waals surface area contributed by atoms with Crippen LogP contribution in [0.2, 0.25) is 0 Å². The Labute approximate surface area is 48.3 Å². The maximum absolute atomic E-state index is 8.85. The van der Waals surface area contributed by atoms with Crippen LogP contribution < -0.4 is 5.73 Å². The lowest BCUT2D eigenvalue weighted by atomic mass is 10.1. The molecular formula is C6H9NO. The molecule has 0 aromatic rings. The highest BCUT2D eigenvalue weighted by Gasteiger charge is 1.99. The Bertz CT molecular complexity index is 129. The quantitative estimate of drug-likeness (QED) is 0.491. The summed E-state index contributed by atoms with van der Waals surface area (Å²) in [6.45, 7) is 0. The third kappa shape index (κ3) is 0.832. The number of hydrogen-bond acceptors (Lipinski definition) is 2. The minimum atomic E-state index is 0.233. The Morgan fingerprint density at radius 1 is 1.38 bits per heavy atom. The summed E-state index contributed by atoms with van der Waals surface area (Å²) in [4.78, 5) is 0. The van der Waals surface area contributed by atoms with Gasteiger partial charge in [0.1, 0.15) is 5.76 Å². The molecule has 0 unspecified atom stereocenters. The van der Waals surface area contributed by atoms with Crippen LogP contribution in [-0.2, 0) is 0 Å². The normalized spacial score (nSPS) is 19.5. The molecule has 1 aliphatic carbocycles. The first-order valence-corrected chi connectivity index (χ1v) is 2.66. The minimum Gasteiger partial charge on any atom is -0.506 e. The topological polar surface area (TPSA) is 46.2 Å². The van der Waals surface area contributed by atoms with E-state index in [1.807, 2.05) is 6.08 Å². The zero-order chi connectivity index (χ0) is 5.98. The van der Waals surface area contributed by atoms with Crippen molar-refractivity contribution >= 4 is 0 Å². The third-order valence-electron chi connectivity index (χ3n) is 1.16. The predicted molar refractivity (Wildman–Crippen MR) is 32.2 cm³/mol. The molecule has 8 heavy (non-hydrogen) atoms. The van der Waals surface area contributed by atoms with E-state index in [4.69, 9.17) is 10.8 Å². The van der Waals surface area contributed by atoms with Gasteiger partial charge in [0, 0.05) is 0 Å². The zero-order valence-corrected chi connectivity index (χ0v) is 4.59. The van der Waals surface area contributed by atoms with Crippen molar-refractivity contribution in [3.8, 4) is 0 Å². The van der Waals surface area contributed by atoms with Crippen molar-refractivity contribution < 1.29 is 5.11 Å². The van der Waals surface area contributed by atoms with E-state index in [1.54, 1.807) is 6.08 Å². The summed E-state index contributed by atoms with van der Waals surface area (Å²) in [5.41, 5.74) is 5.83. The highest BCUT2D eigenvalue weighted by Crippen LogP contribution is 2.10. The highest BCUT2D eigenvalue weighted by molar-refractivity contribution is 5.24. The number of nitrogens with two attached hydrogens (primary N) is 1. The fourth-order valence-electron chi connectivity index (χ4n) is 0.681. The van der Waals surface area contributed by atoms with E-state index < -0.39 is 0 Å². The molecule has 0 amide bonds. The van der Waals surface area contributed by atoms with Gasteiger partial charge in [-0.2, -0.15) is 0 Å². The van der Waals surface area contributed by atoms with Crippen LogP contribution in [0, 0.1) is 0 Å². The first kappa shape index (κ1) is 5.22. The van der Waals surface area contributed by atoms with Crippen molar-refractivity contribution in [2.24, 2.45) is 5.73 Å². The Kier molecular flexibility index (Phi) is 1.24. The van der Waals surface area contributed by atoms with E-state index in [0.29, 0.717) is 5.70 Å². The van der Waals surface area contributed by atoms with Gasteiger partial charge in [-0.3, -0.25) is 0 Å². The van der Waals surface area contributed by atoms with Gasteiger partial charge in [0.05, 0.1) is 5.70 Å². The largest absolute Gasteiger partial charge is 0.506 e. The molecule has 2 nitrogen and oxygen atoms in total. The SMILES string of the molecule is NC1=CCCC=C1O. The van der Waals surface area contributed by atoms with Crippen molar-refractivity contribution in [1.29, 1.82) is 0 Å². The van der Waals surface area contributed by atoms with E-state index in [0.717, 1.165) is 12.8 Å². The second kappa shape index (κ2) is 1.90. The third-order valence-corrected chi connectivity index (χ3v) is 1.16. The fraction of sp³-hybridized carbons (Fsp3) is 0.333. The smallest absolute Gasteiger partial charge is 0.134 e. The monoisotopic (exact) mass is 111 g/mol. The molecule has 1 aliphatic rings. The Morgan fingerprint density at radius 2 is 2.00 bits per heavy atom. The van der Waals surface area contributed by atoms with Crippen LogP contribution in [0.15, 0.2) is 23.6 Å². The Balaban J connectivity index is 2.73. The fourth-order valence-corrected chi connectivity index (χ4v) is 0.681. The molecule has 0 bridgehead atoms. The Hall–Kier alpha value is -0.920. The van der Waals surface area contributed by atoms with Gasteiger partial charge in [0.15, 0.2) is 0 Å². The maximum Gasteiger partial charge on any atom is 0.134 e. The van der Waals surface area contributed by atoms with Crippen molar-refractivity contribution in [3.05, 3.63) is 23.6 Å². The van der Waals surface area contributed by atoms with Crippen LogP contribution >= 0.6 is 0 Å². The molecule has 1 rings (SSSR count). The van der Waals surface area contributed by atoms with Gasteiger partial charge in [-0.15, -0.1) is 0 Å². The molecule has 0 spiro atoms. The first-order valence-electron chi connectivity index (χ1n) is 2.66. The molecule has 0 heterocycles. The summed E-state index contributed by atoms with van der Waals surface area (Å²) in [7, 11) is 0. The minimum absolute atomic E-state index is 0.233. The molecule has 3 N–H and O–H groups in total. The molecule has 0 atom stereocenters. The molecule has 0 radical (unpaired) electrons. The van der Waals surface area contributed by atoms with Gasteiger partial charge in [-0.1, -0.05) is 6.08 Å². The van der Waals surface area contributed by atoms with Crippen LogP contribution in [0.5, 0.6) is 0 Å². The van der Waals surface area contributed by atoms with Gasteiger partial charge in [0.2, 0.25) is 0 Å². The molecule has 0 saturated heterocycles. The number of hydrogen-bond donors (Lipinski definition) is 2. The average Bonchev–Trinajstić information content (AvgIpc) is 1.77. The first-order chi connectivity index (χ1) is 3.80. The number of aliphatic hydroxyl groups is 1. The maximum atomic E-state index is 8.85. The molecular weight excluding hydrogens is 102 g/mol. The van der Waals surface area contributed by atoms with Gasteiger partial charge < -0.3 is 10.8 Å². The van der Waals surface area contributed by atoms with Gasteiger partial charge in [-0.25, -0.2) is 0 Å². The van der Waals surface area contributed by atoms with Crippen LogP contribution in [0.3, 0.4) is 0 Å². The van der Waals surface area contributed by atoms with Gasteiger partial charge >= 0.3 is 0 Å². The molecule has 0 aromatic heterocycles. The van der Waals surface area contributed by atoms with Crippen molar-refractivity contribution in [2.75, 3.05) is 0 Å². The standard InChI is InChI=1S/C6H9NO/c7-5-3-1-2-4-6(5)8/h3-4,8H,1-2,7H2. The zero-order valence-electron chi connectivity index (χ0n) is 4.59. The summed E-state index contributed by atoms with van der Waals surface area (Å²) < 4.78 is 0. The molecule has 0 saturated carbocycles.